The molecule has 27 heavy (non-hydrogen) atoms. The maximum Gasteiger partial charge on any atom is 0.251 e. The molecule has 0 aromatic heterocycles. The highest BCUT2D eigenvalue weighted by atomic mass is 19.1. The average molecular weight is 371 g/mol. The molecule has 0 saturated carbocycles. The Labute approximate surface area is 157 Å². The molecule has 0 saturated heterocycles. The Balaban J connectivity index is 2.04. The van der Waals surface area contributed by atoms with E-state index in [0.717, 1.165) is 0 Å². The molecule has 0 aliphatic heterocycles. The Morgan fingerprint density at radius 2 is 1.37 bits per heavy atom. The minimum absolute atomic E-state index is 0.159. The van der Waals surface area contributed by atoms with E-state index in [-0.39, 0.29) is 23.3 Å². The first-order valence-corrected chi connectivity index (χ1v) is 8.51. The van der Waals surface area contributed by atoms with Gasteiger partial charge >= 0.3 is 0 Å². The quantitative estimate of drug-likeness (QED) is 0.729. The first-order chi connectivity index (χ1) is 12.8. The van der Waals surface area contributed by atoms with Crippen LogP contribution in [0.2, 0.25) is 0 Å². The lowest BCUT2D eigenvalue weighted by atomic mass is 10.0. The van der Waals surface area contributed by atoms with E-state index in [9.17, 15) is 18.8 Å². The Bertz CT molecular complexity index is 817. The fourth-order valence-electron chi connectivity index (χ4n) is 2.42. The fraction of sp³-hybridized carbons (Fsp3) is 0.250. The number of hydrogen-bond acceptors (Lipinski definition) is 3. The predicted octanol–water partition coefficient (Wildman–Crippen LogP) is 3.18. The Morgan fingerprint density at radius 1 is 0.852 bits per heavy atom. The van der Waals surface area contributed by atoms with E-state index in [1.165, 1.54) is 31.2 Å². The van der Waals surface area contributed by atoms with Crippen LogP contribution in [0.3, 0.4) is 0 Å². The van der Waals surface area contributed by atoms with Crippen molar-refractivity contribution in [1.82, 2.24) is 5.32 Å². The molecule has 0 heterocycles. The monoisotopic (exact) mass is 371 g/mol. The van der Waals surface area contributed by atoms with E-state index >= 15 is 0 Å². The van der Waals surface area contributed by atoms with Gasteiger partial charge in [-0.2, -0.15) is 0 Å². The molecule has 3 N–H and O–H groups in total. The summed E-state index contributed by atoms with van der Waals surface area (Å²) in [5.74, 6) is -1.60. The lowest BCUT2D eigenvalue weighted by Gasteiger charge is -2.22. The molecule has 1 atom stereocenters. The van der Waals surface area contributed by atoms with Gasteiger partial charge in [0.1, 0.15) is 11.9 Å². The van der Waals surface area contributed by atoms with Gasteiger partial charge in [-0.3, -0.25) is 14.4 Å². The second-order valence-electron chi connectivity index (χ2n) is 6.45. The molecule has 0 aliphatic carbocycles. The lowest BCUT2D eigenvalue weighted by molar-refractivity contribution is -0.119. The zero-order valence-electron chi connectivity index (χ0n) is 15.4. The summed E-state index contributed by atoms with van der Waals surface area (Å²) in [6, 6.07) is 11.0. The van der Waals surface area contributed by atoms with Crippen LogP contribution in [0.1, 0.15) is 31.1 Å². The van der Waals surface area contributed by atoms with Crippen molar-refractivity contribution in [2.24, 2.45) is 5.92 Å². The van der Waals surface area contributed by atoms with Gasteiger partial charge in [-0.15, -0.1) is 0 Å². The Morgan fingerprint density at radius 3 is 1.85 bits per heavy atom. The number of halogens is 1. The van der Waals surface area contributed by atoms with E-state index in [4.69, 9.17) is 0 Å². The van der Waals surface area contributed by atoms with Crippen LogP contribution < -0.4 is 16.0 Å². The zero-order valence-corrected chi connectivity index (χ0v) is 15.4. The van der Waals surface area contributed by atoms with Gasteiger partial charge in [-0.25, -0.2) is 4.39 Å². The van der Waals surface area contributed by atoms with Crippen molar-refractivity contribution in [3.05, 3.63) is 59.9 Å². The van der Waals surface area contributed by atoms with E-state index in [2.05, 4.69) is 16.0 Å². The third-order valence-corrected chi connectivity index (χ3v) is 3.81. The topological polar surface area (TPSA) is 87.3 Å². The minimum atomic E-state index is -0.766. The number of anilines is 2. The van der Waals surface area contributed by atoms with Crippen LogP contribution in [0.4, 0.5) is 15.8 Å². The molecular weight excluding hydrogens is 349 g/mol. The van der Waals surface area contributed by atoms with Crippen molar-refractivity contribution >= 4 is 29.1 Å². The first kappa shape index (κ1) is 20.1. The molecule has 0 bridgehead atoms. The fourth-order valence-corrected chi connectivity index (χ4v) is 2.42. The van der Waals surface area contributed by atoms with Gasteiger partial charge < -0.3 is 16.0 Å². The summed E-state index contributed by atoms with van der Waals surface area (Å²) in [6.45, 7) is 5.04. The third-order valence-electron chi connectivity index (χ3n) is 3.81. The van der Waals surface area contributed by atoms with Crippen molar-refractivity contribution in [3.63, 3.8) is 0 Å². The molecule has 0 unspecified atom stereocenters. The van der Waals surface area contributed by atoms with E-state index in [1.54, 1.807) is 24.3 Å². The van der Waals surface area contributed by atoms with E-state index in [1.807, 2.05) is 13.8 Å². The predicted molar refractivity (Wildman–Crippen MR) is 102 cm³/mol. The number of carbonyl (C=O) groups excluding carboxylic acids is 3. The smallest absolute Gasteiger partial charge is 0.251 e. The summed E-state index contributed by atoms with van der Waals surface area (Å²) in [5, 5.41) is 8.06. The molecule has 0 fully saturated rings. The van der Waals surface area contributed by atoms with Crippen LogP contribution in [0.25, 0.3) is 0 Å². The van der Waals surface area contributed by atoms with E-state index in [0.29, 0.717) is 11.4 Å². The molecule has 6 nitrogen and oxygen atoms in total. The molecule has 2 aromatic rings. The standard InChI is InChI=1S/C20H22FN3O3/c1-12(2)18(24-19(26)14-4-6-15(21)7-5-14)20(27)23-17-10-8-16(9-11-17)22-13(3)25/h4-12,18H,1-3H3,(H,22,25)(H,23,27)(H,24,26)/t18-/m0/s1. The number of benzene rings is 2. The van der Waals surface area contributed by atoms with Crippen molar-refractivity contribution in [1.29, 1.82) is 0 Å². The third kappa shape index (κ3) is 5.91. The summed E-state index contributed by atoms with van der Waals surface area (Å²) in [4.78, 5) is 35.9. The highest BCUT2D eigenvalue weighted by Crippen LogP contribution is 2.15. The second-order valence-corrected chi connectivity index (χ2v) is 6.45. The minimum Gasteiger partial charge on any atom is -0.340 e. The number of carbonyl (C=O) groups is 3. The van der Waals surface area contributed by atoms with Gasteiger partial charge in [0.05, 0.1) is 0 Å². The number of amides is 3. The highest BCUT2D eigenvalue weighted by Gasteiger charge is 2.24. The summed E-state index contributed by atoms with van der Waals surface area (Å²) < 4.78 is 13.0. The van der Waals surface area contributed by atoms with Crippen molar-refractivity contribution in [2.75, 3.05) is 10.6 Å². The van der Waals surface area contributed by atoms with Crippen molar-refractivity contribution in [3.8, 4) is 0 Å². The second kappa shape index (κ2) is 8.93. The van der Waals surface area contributed by atoms with Gasteiger partial charge in [-0.05, 0) is 54.4 Å². The number of hydrogen-bond donors (Lipinski definition) is 3. The molecular formula is C20H22FN3O3. The van der Waals surface area contributed by atoms with Gasteiger partial charge in [0.15, 0.2) is 0 Å². The molecule has 2 aromatic carbocycles. The number of rotatable bonds is 6. The van der Waals surface area contributed by atoms with Crippen LogP contribution in [0.15, 0.2) is 48.5 Å². The Hall–Kier alpha value is -3.22. The molecule has 2 rings (SSSR count). The molecule has 0 aliphatic rings. The van der Waals surface area contributed by atoms with Crippen LogP contribution >= 0.6 is 0 Å². The maximum atomic E-state index is 13.0. The van der Waals surface area contributed by atoms with Gasteiger partial charge in [0.2, 0.25) is 11.8 Å². The van der Waals surface area contributed by atoms with Gasteiger partial charge in [0.25, 0.3) is 5.91 Å². The van der Waals surface area contributed by atoms with Crippen LogP contribution in [0.5, 0.6) is 0 Å². The lowest BCUT2D eigenvalue weighted by Crippen LogP contribution is -2.47. The van der Waals surface area contributed by atoms with Crippen LogP contribution in [-0.2, 0) is 9.59 Å². The van der Waals surface area contributed by atoms with Crippen LogP contribution in [0, 0.1) is 11.7 Å². The summed E-state index contributed by atoms with van der Waals surface area (Å²) in [5.41, 5.74) is 1.43. The SMILES string of the molecule is CC(=O)Nc1ccc(NC(=O)[C@@H](NC(=O)c2ccc(F)cc2)C(C)C)cc1. The first-order valence-electron chi connectivity index (χ1n) is 8.51. The highest BCUT2D eigenvalue weighted by molar-refractivity contribution is 6.01. The van der Waals surface area contributed by atoms with Gasteiger partial charge in [-0.1, -0.05) is 13.8 Å². The van der Waals surface area contributed by atoms with E-state index < -0.39 is 17.8 Å². The molecule has 142 valence electrons. The average Bonchev–Trinajstić information content (AvgIpc) is 2.61. The van der Waals surface area contributed by atoms with Crippen molar-refractivity contribution in [2.45, 2.75) is 26.8 Å². The molecule has 0 radical (unpaired) electrons. The normalized spacial score (nSPS) is 11.6. The molecule has 7 heteroatoms. The zero-order chi connectivity index (χ0) is 20.0. The van der Waals surface area contributed by atoms with Crippen LogP contribution in [-0.4, -0.2) is 23.8 Å². The number of nitrogens with one attached hydrogen (secondary N) is 3. The largest absolute Gasteiger partial charge is 0.340 e. The van der Waals surface area contributed by atoms with Gasteiger partial charge in [0, 0.05) is 23.9 Å². The summed E-state index contributed by atoms with van der Waals surface area (Å²) in [6.07, 6.45) is 0. The van der Waals surface area contributed by atoms with Crippen molar-refractivity contribution < 1.29 is 18.8 Å². The maximum absolute atomic E-state index is 13.0. The Kier molecular flexibility index (Phi) is 6.65. The summed E-state index contributed by atoms with van der Waals surface area (Å²) in [7, 11) is 0. The molecule has 3 amide bonds. The summed E-state index contributed by atoms with van der Waals surface area (Å²) >= 11 is 0. The molecule has 0 spiro atoms.